The predicted octanol–water partition coefficient (Wildman–Crippen LogP) is 2.37. The number of ether oxygens (including phenoxy) is 2. The van der Waals surface area contributed by atoms with Crippen molar-refractivity contribution in [3.63, 3.8) is 0 Å². The van der Waals surface area contributed by atoms with Crippen LogP contribution in [-0.4, -0.2) is 24.3 Å². The number of aromatic nitrogens is 1. The van der Waals surface area contributed by atoms with Crippen molar-refractivity contribution in [3.8, 4) is 11.5 Å². The molecule has 1 atom stereocenters. The van der Waals surface area contributed by atoms with Gasteiger partial charge < -0.3 is 14.6 Å². The molecule has 4 heteroatoms. The van der Waals surface area contributed by atoms with Crippen molar-refractivity contribution in [2.24, 2.45) is 0 Å². The second kappa shape index (κ2) is 6.20. The van der Waals surface area contributed by atoms with E-state index in [1.807, 2.05) is 24.3 Å². The van der Waals surface area contributed by atoms with Crippen LogP contribution in [0.25, 0.3) is 0 Å². The highest BCUT2D eigenvalue weighted by Crippen LogP contribution is 2.22. The zero-order valence-corrected chi connectivity index (χ0v) is 11.0. The molecule has 0 fully saturated rings. The minimum Gasteiger partial charge on any atom is -0.497 e. The van der Waals surface area contributed by atoms with Gasteiger partial charge in [-0.05, 0) is 23.8 Å². The van der Waals surface area contributed by atoms with Crippen molar-refractivity contribution in [2.45, 2.75) is 12.5 Å². The van der Waals surface area contributed by atoms with E-state index in [1.54, 1.807) is 32.7 Å². The minimum atomic E-state index is -0.616. The Hall–Kier alpha value is -2.07. The number of nitrogens with zero attached hydrogens (tertiary/aromatic N) is 1. The molecule has 0 aliphatic carbocycles. The van der Waals surface area contributed by atoms with Gasteiger partial charge in [-0.2, -0.15) is 0 Å². The molecular formula is C15H17NO3. The van der Waals surface area contributed by atoms with Crippen LogP contribution in [0.4, 0.5) is 0 Å². The van der Waals surface area contributed by atoms with E-state index >= 15 is 0 Å². The smallest absolute Gasteiger partial charge is 0.137 e. The van der Waals surface area contributed by atoms with Crippen molar-refractivity contribution in [3.05, 3.63) is 53.9 Å². The van der Waals surface area contributed by atoms with Gasteiger partial charge in [0.15, 0.2) is 0 Å². The van der Waals surface area contributed by atoms with E-state index in [0.29, 0.717) is 12.2 Å². The highest BCUT2D eigenvalue weighted by Gasteiger charge is 2.10. The molecule has 1 unspecified atom stereocenters. The van der Waals surface area contributed by atoms with Gasteiger partial charge in [0.1, 0.15) is 11.5 Å². The van der Waals surface area contributed by atoms with Crippen molar-refractivity contribution in [2.75, 3.05) is 14.2 Å². The summed E-state index contributed by atoms with van der Waals surface area (Å²) in [7, 11) is 3.21. The van der Waals surface area contributed by atoms with E-state index in [2.05, 4.69) is 4.98 Å². The van der Waals surface area contributed by atoms with Crippen molar-refractivity contribution < 1.29 is 14.6 Å². The lowest BCUT2D eigenvalue weighted by molar-refractivity contribution is 0.177. The SMILES string of the molecule is COc1cccc(CC(O)c2cncc(OC)c2)c1. The number of benzene rings is 1. The first-order chi connectivity index (χ1) is 9.22. The Bertz CT molecular complexity index is 542. The van der Waals surface area contributed by atoms with Gasteiger partial charge in [-0.3, -0.25) is 4.98 Å². The summed E-state index contributed by atoms with van der Waals surface area (Å²) in [5, 5.41) is 10.2. The zero-order chi connectivity index (χ0) is 13.7. The third kappa shape index (κ3) is 3.45. The summed E-state index contributed by atoms with van der Waals surface area (Å²) in [5.74, 6) is 1.43. The van der Waals surface area contributed by atoms with Crippen LogP contribution in [0.3, 0.4) is 0 Å². The molecule has 2 rings (SSSR count). The summed E-state index contributed by atoms with van der Waals surface area (Å²) in [5.41, 5.74) is 1.75. The van der Waals surface area contributed by atoms with Crippen LogP contribution in [0, 0.1) is 0 Å². The van der Waals surface area contributed by atoms with Crippen LogP contribution in [0.5, 0.6) is 11.5 Å². The lowest BCUT2D eigenvalue weighted by atomic mass is 10.0. The summed E-state index contributed by atoms with van der Waals surface area (Å²) >= 11 is 0. The average Bonchev–Trinajstić information content (AvgIpc) is 2.47. The summed E-state index contributed by atoms with van der Waals surface area (Å²) in [6.45, 7) is 0. The second-order valence-corrected chi connectivity index (χ2v) is 4.23. The Labute approximate surface area is 112 Å². The Balaban J connectivity index is 2.13. The summed E-state index contributed by atoms with van der Waals surface area (Å²) in [6.07, 6.45) is 3.15. The number of methoxy groups -OCH3 is 2. The average molecular weight is 259 g/mol. The molecule has 0 radical (unpaired) electrons. The quantitative estimate of drug-likeness (QED) is 0.895. The molecule has 1 aromatic carbocycles. The molecular weight excluding hydrogens is 242 g/mol. The van der Waals surface area contributed by atoms with Gasteiger partial charge in [0.05, 0.1) is 26.5 Å². The molecule has 19 heavy (non-hydrogen) atoms. The fourth-order valence-corrected chi connectivity index (χ4v) is 1.87. The third-order valence-electron chi connectivity index (χ3n) is 2.92. The molecule has 1 heterocycles. The van der Waals surface area contributed by atoms with Crippen LogP contribution in [0.1, 0.15) is 17.2 Å². The monoisotopic (exact) mass is 259 g/mol. The lowest BCUT2D eigenvalue weighted by Crippen LogP contribution is -2.03. The molecule has 1 aromatic heterocycles. The fraction of sp³-hybridized carbons (Fsp3) is 0.267. The van der Waals surface area contributed by atoms with Crippen LogP contribution in [0.15, 0.2) is 42.7 Å². The minimum absolute atomic E-state index is 0.506. The topological polar surface area (TPSA) is 51.6 Å². The van der Waals surface area contributed by atoms with E-state index in [4.69, 9.17) is 9.47 Å². The lowest BCUT2D eigenvalue weighted by Gasteiger charge is -2.12. The number of hydrogen-bond acceptors (Lipinski definition) is 4. The van der Waals surface area contributed by atoms with E-state index in [0.717, 1.165) is 16.9 Å². The molecule has 0 saturated heterocycles. The molecule has 0 spiro atoms. The third-order valence-corrected chi connectivity index (χ3v) is 2.92. The Morgan fingerprint density at radius 1 is 1.11 bits per heavy atom. The van der Waals surface area contributed by atoms with Gasteiger partial charge in [-0.25, -0.2) is 0 Å². The van der Waals surface area contributed by atoms with Gasteiger partial charge in [-0.15, -0.1) is 0 Å². The number of pyridine rings is 1. The first kappa shape index (κ1) is 13.4. The van der Waals surface area contributed by atoms with E-state index in [1.165, 1.54) is 0 Å². The van der Waals surface area contributed by atoms with E-state index in [-0.39, 0.29) is 0 Å². The molecule has 0 saturated carbocycles. The number of hydrogen-bond donors (Lipinski definition) is 1. The molecule has 4 nitrogen and oxygen atoms in total. The molecule has 0 amide bonds. The number of aliphatic hydroxyl groups excluding tert-OH is 1. The standard InChI is InChI=1S/C15H17NO3/c1-18-13-5-3-4-11(6-13)7-15(17)12-8-14(19-2)10-16-9-12/h3-6,8-10,15,17H,7H2,1-2H3. The van der Waals surface area contributed by atoms with Gasteiger partial charge in [0, 0.05) is 18.2 Å². The molecule has 1 N–H and O–H groups in total. The first-order valence-electron chi connectivity index (χ1n) is 6.03. The maximum absolute atomic E-state index is 10.2. The van der Waals surface area contributed by atoms with Crippen molar-refractivity contribution in [1.29, 1.82) is 0 Å². The van der Waals surface area contributed by atoms with Gasteiger partial charge >= 0.3 is 0 Å². The predicted molar refractivity (Wildman–Crippen MR) is 72.4 cm³/mol. The number of aliphatic hydroxyl groups is 1. The van der Waals surface area contributed by atoms with Crippen molar-refractivity contribution >= 4 is 0 Å². The molecule has 0 aliphatic heterocycles. The second-order valence-electron chi connectivity index (χ2n) is 4.23. The van der Waals surface area contributed by atoms with E-state index in [9.17, 15) is 5.11 Å². The van der Waals surface area contributed by atoms with Gasteiger partial charge in [0.25, 0.3) is 0 Å². The summed E-state index contributed by atoms with van der Waals surface area (Å²) < 4.78 is 10.3. The Kier molecular flexibility index (Phi) is 4.36. The highest BCUT2D eigenvalue weighted by molar-refractivity contribution is 5.31. The number of rotatable bonds is 5. The highest BCUT2D eigenvalue weighted by atomic mass is 16.5. The maximum atomic E-state index is 10.2. The molecule has 0 bridgehead atoms. The van der Waals surface area contributed by atoms with Crippen molar-refractivity contribution in [1.82, 2.24) is 4.98 Å². The van der Waals surface area contributed by atoms with Crippen LogP contribution >= 0.6 is 0 Å². The normalized spacial score (nSPS) is 11.9. The zero-order valence-electron chi connectivity index (χ0n) is 11.0. The summed E-state index contributed by atoms with van der Waals surface area (Å²) in [4.78, 5) is 4.04. The molecule has 0 aliphatic rings. The van der Waals surface area contributed by atoms with Gasteiger partial charge in [-0.1, -0.05) is 12.1 Å². The van der Waals surface area contributed by atoms with Crippen LogP contribution < -0.4 is 9.47 Å². The first-order valence-corrected chi connectivity index (χ1v) is 6.03. The Morgan fingerprint density at radius 3 is 2.63 bits per heavy atom. The van der Waals surface area contributed by atoms with Crippen LogP contribution in [0.2, 0.25) is 0 Å². The largest absolute Gasteiger partial charge is 0.497 e. The van der Waals surface area contributed by atoms with E-state index < -0.39 is 6.10 Å². The maximum Gasteiger partial charge on any atom is 0.137 e. The molecule has 100 valence electrons. The van der Waals surface area contributed by atoms with Crippen LogP contribution in [-0.2, 0) is 6.42 Å². The molecule has 2 aromatic rings. The Morgan fingerprint density at radius 2 is 1.89 bits per heavy atom. The fourth-order valence-electron chi connectivity index (χ4n) is 1.87. The summed E-state index contributed by atoms with van der Waals surface area (Å²) in [6, 6.07) is 9.45. The van der Waals surface area contributed by atoms with Gasteiger partial charge in [0.2, 0.25) is 0 Å².